The van der Waals surface area contributed by atoms with Crippen molar-refractivity contribution >= 4 is 41.7 Å². The van der Waals surface area contributed by atoms with Crippen molar-refractivity contribution in [3.8, 4) is 11.5 Å². The predicted octanol–water partition coefficient (Wildman–Crippen LogP) is 3.43. The third-order valence-electron chi connectivity index (χ3n) is 4.21. The molecule has 0 unspecified atom stereocenters. The summed E-state index contributed by atoms with van der Waals surface area (Å²) in [7, 11) is 1.73. The lowest BCUT2D eigenvalue weighted by atomic mass is 10.2. The fourth-order valence-corrected chi connectivity index (χ4v) is 2.78. The van der Waals surface area contributed by atoms with Crippen molar-refractivity contribution < 1.29 is 14.3 Å². The van der Waals surface area contributed by atoms with Crippen LogP contribution in [0.1, 0.15) is 25.0 Å². The van der Waals surface area contributed by atoms with Crippen LogP contribution in [0.4, 0.5) is 10.5 Å². The Morgan fingerprint density at radius 1 is 1.00 bits per heavy atom. The largest absolute Gasteiger partial charge is 0.454 e. The molecule has 0 saturated heterocycles. The van der Waals surface area contributed by atoms with Gasteiger partial charge in [0.25, 0.3) is 0 Å². The first-order chi connectivity index (χ1) is 14.0. The quantitative estimate of drug-likeness (QED) is 0.264. The molecule has 0 saturated carbocycles. The van der Waals surface area contributed by atoms with Crippen molar-refractivity contribution in [2.45, 2.75) is 33.0 Å². The summed E-state index contributed by atoms with van der Waals surface area (Å²) >= 11 is 0. The highest BCUT2D eigenvalue weighted by Crippen LogP contribution is 2.32. The summed E-state index contributed by atoms with van der Waals surface area (Å²) in [4.78, 5) is 16.0. The van der Waals surface area contributed by atoms with E-state index in [0.29, 0.717) is 19.0 Å². The van der Waals surface area contributed by atoms with E-state index in [1.54, 1.807) is 7.05 Å². The molecule has 3 rings (SSSR count). The number of ether oxygens (including phenoxy) is 2. The number of halogens is 1. The lowest BCUT2D eigenvalue weighted by Crippen LogP contribution is -2.36. The molecule has 2 aromatic rings. The molecule has 162 valence electrons. The Morgan fingerprint density at radius 3 is 2.30 bits per heavy atom. The zero-order chi connectivity index (χ0) is 20.6. The zero-order valence-electron chi connectivity index (χ0n) is 17.3. The molecule has 8 nitrogen and oxygen atoms in total. The highest BCUT2D eigenvalue weighted by Gasteiger charge is 2.13. The second kappa shape index (κ2) is 11.5. The van der Waals surface area contributed by atoms with E-state index in [-0.39, 0.29) is 42.8 Å². The molecule has 0 aliphatic carbocycles. The number of hydrogen-bond acceptors (Lipinski definition) is 4. The Labute approximate surface area is 193 Å². The number of carbonyl (C=O) groups is 1. The molecule has 9 heteroatoms. The van der Waals surface area contributed by atoms with Gasteiger partial charge in [0, 0.05) is 31.9 Å². The number of amides is 2. The lowest BCUT2D eigenvalue weighted by molar-refractivity contribution is 0.174. The summed E-state index contributed by atoms with van der Waals surface area (Å²) in [5.74, 6) is 2.24. The summed E-state index contributed by atoms with van der Waals surface area (Å²) in [6.45, 7) is 5.33. The third-order valence-corrected chi connectivity index (χ3v) is 4.21. The van der Waals surface area contributed by atoms with Crippen LogP contribution in [-0.2, 0) is 13.1 Å². The fraction of sp³-hybridized carbons (Fsp3) is 0.333. The maximum atomic E-state index is 11.7. The van der Waals surface area contributed by atoms with E-state index in [4.69, 9.17) is 9.47 Å². The van der Waals surface area contributed by atoms with E-state index < -0.39 is 0 Å². The molecule has 0 bridgehead atoms. The molecule has 0 aromatic heterocycles. The summed E-state index contributed by atoms with van der Waals surface area (Å²) in [6.07, 6.45) is 0. The number of aliphatic imine (C=N–C) groups is 1. The van der Waals surface area contributed by atoms with Crippen molar-refractivity contribution in [2.24, 2.45) is 4.99 Å². The van der Waals surface area contributed by atoms with Gasteiger partial charge in [0.15, 0.2) is 17.5 Å². The molecule has 0 fully saturated rings. The topological polar surface area (TPSA) is 96.0 Å². The van der Waals surface area contributed by atoms with Crippen LogP contribution in [0.25, 0.3) is 0 Å². The van der Waals surface area contributed by atoms with Gasteiger partial charge in [-0.2, -0.15) is 0 Å². The van der Waals surface area contributed by atoms with Crippen molar-refractivity contribution in [1.82, 2.24) is 16.0 Å². The molecule has 30 heavy (non-hydrogen) atoms. The molecule has 1 aliphatic heterocycles. The monoisotopic (exact) mass is 525 g/mol. The third kappa shape index (κ3) is 6.97. The van der Waals surface area contributed by atoms with E-state index in [1.165, 1.54) is 0 Å². The first kappa shape index (κ1) is 23.6. The van der Waals surface area contributed by atoms with Gasteiger partial charge in [-0.1, -0.05) is 18.2 Å². The number of nitrogens with zero attached hydrogens (tertiary/aromatic N) is 1. The number of nitrogens with one attached hydrogen (secondary N) is 4. The van der Waals surface area contributed by atoms with Crippen LogP contribution in [0, 0.1) is 0 Å². The zero-order valence-corrected chi connectivity index (χ0v) is 19.7. The van der Waals surface area contributed by atoms with E-state index in [2.05, 4.69) is 26.3 Å². The molecule has 2 aromatic carbocycles. The van der Waals surface area contributed by atoms with Crippen LogP contribution in [0.2, 0.25) is 0 Å². The normalized spacial score (nSPS) is 12.2. The lowest BCUT2D eigenvalue weighted by Gasteiger charge is -2.13. The molecule has 2 amide bonds. The van der Waals surface area contributed by atoms with Crippen molar-refractivity contribution in [1.29, 1.82) is 0 Å². The number of guanidine groups is 1. The van der Waals surface area contributed by atoms with Gasteiger partial charge in [0.2, 0.25) is 6.79 Å². The molecule has 4 N–H and O–H groups in total. The maximum absolute atomic E-state index is 11.7. The fourth-order valence-electron chi connectivity index (χ4n) is 2.78. The Kier molecular flexibility index (Phi) is 9.03. The molecular weight excluding hydrogens is 497 g/mol. The Morgan fingerprint density at radius 2 is 1.63 bits per heavy atom. The molecule has 1 aliphatic rings. The van der Waals surface area contributed by atoms with E-state index in [1.807, 2.05) is 56.3 Å². The van der Waals surface area contributed by atoms with Crippen LogP contribution in [-0.4, -0.2) is 31.9 Å². The van der Waals surface area contributed by atoms with Gasteiger partial charge < -0.3 is 30.7 Å². The first-order valence-corrected chi connectivity index (χ1v) is 9.53. The smallest absolute Gasteiger partial charge is 0.319 e. The Balaban J connectivity index is 0.00000320. The second-order valence-corrected chi connectivity index (χ2v) is 6.92. The van der Waals surface area contributed by atoms with Crippen LogP contribution in [0.15, 0.2) is 47.5 Å². The average molecular weight is 525 g/mol. The number of benzene rings is 2. The van der Waals surface area contributed by atoms with Gasteiger partial charge in [0.05, 0.1) is 0 Å². The minimum Gasteiger partial charge on any atom is -0.454 e. The molecule has 0 atom stereocenters. The minimum atomic E-state index is -0.209. The number of hydrogen-bond donors (Lipinski definition) is 4. The van der Waals surface area contributed by atoms with Crippen molar-refractivity contribution in [3.05, 3.63) is 53.6 Å². The SMILES string of the molecule is CN=C(NCc1ccc(NC(=O)NC(C)C)cc1)NCc1ccc2c(c1)OCO2.I. The van der Waals surface area contributed by atoms with Gasteiger partial charge in [0.1, 0.15) is 0 Å². The molecule has 1 heterocycles. The number of carbonyl (C=O) groups excluding carboxylic acids is 1. The van der Waals surface area contributed by atoms with Crippen LogP contribution >= 0.6 is 24.0 Å². The Hall–Kier alpha value is -2.69. The van der Waals surface area contributed by atoms with Gasteiger partial charge in [-0.15, -0.1) is 24.0 Å². The van der Waals surface area contributed by atoms with Gasteiger partial charge >= 0.3 is 6.03 Å². The Bertz CT molecular complexity index is 871. The van der Waals surface area contributed by atoms with Crippen LogP contribution in [0.3, 0.4) is 0 Å². The molecule has 0 radical (unpaired) electrons. The highest BCUT2D eigenvalue weighted by atomic mass is 127. The first-order valence-electron chi connectivity index (χ1n) is 9.53. The van der Waals surface area contributed by atoms with Gasteiger partial charge in [-0.05, 0) is 49.2 Å². The molecule has 0 spiro atoms. The summed E-state index contributed by atoms with van der Waals surface area (Å²) in [5, 5.41) is 12.2. The molecular formula is C21H28IN5O3. The number of urea groups is 1. The predicted molar refractivity (Wildman–Crippen MR) is 129 cm³/mol. The summed E-state index contributed by atoms with van der Waals surface area (Å²) in [5.41, 5.74) is 2.90. The van der Waals surface area contributed by atoms with E-state index in [9.17, 15) is 4.79 Å². The maximum Gasteiger partial charge on any atom is 0.319 e. The second-order valence-electron chi connectivity index (χ2n) is 6.92. The number of rotatable bonds is 6. The summed E-state index contributed by atoms with van der Waals surface area (Å²) < 4.78 is 10.7. The number of anilines is 1. The standard InChI is InChI=1S/C21H27N5O3.HI/c1-14(2)25-21(27)26-17-7-4-15(5-8-17)11-23-20(22-3)24-12-16-6-9-18-19(10-16)29-13-28-18;/h4-10,14H,11-13H2,1-3H3,(H2,22,23,24)(H2,25,26,27);1H. The summed E-state index contributed by atoms with van der Waals surface area (Å²) in [6, 6.07) is 13.4. The van der Waals surface area contributed by atoms with E-state index >= 15 is 0 Å². The minimum absolute atomic E-state index is 0. The number of fused-ring (bicyclic) bond motifs is 1. The van der Waals surface area contributed by atoms with Gasteiger partial charge in [-0.3, -0.25) is 4.99 Å². The van der Waals surface area contributed by atoms with E-state index in [0.717, 1.165) is 28.3 Å². The van der Waals surface area contributed by atoms with Crippen molar-refractivity contribution in [2.75, 3.05) is 19.2 Å². The van der Waals surface area contributed by atoms with Crippen LogP contribution in [0.5, 0.6) is 11.5 Å². The van der Waals surface area contributed by atoms with Crippen LogP contribution < -0.4 is 30.7 Å². The highest BCUT2D eigenvalue weighted by molar-refractivity contribution is 14.0. The average Bonchev–Trinajstić information content (AvgIpc) is 3.16. The van der Waals surface area contributed by atoms with Crippen molar-refractivity contribution in [3.63, 3.8) is 0 Å². The van der Waals surface area contributed by atoms with Gasteiger partial charge in [-0.25, -0.2) is 4.79 Å².